The monoisotopic (exact) mass is 253 g/mol. The fourth-order valence-corrected chi connectivity index (χ4v) is 2.57. The summed E-state index contributed by atoms with van der Waals surface area (Å²) in [5.74, 6) is 6.28. The highest BCUT2D eigenvalue weighted by molar-refractivity contribution is 4.95. The maximum atomic E-state index is 5.63. The number of hydrazine groups is 1. The van der Waals surface area contributed by atoms with Crippen LogP contribution in [0.25, 0.3) is 0 Å². The zero-order chi connectivity index (χ0) is 13.8. The van der Waals surface area contributed by atoms with Gasteiger partial charge in [-0.1, -0.05) is 32.9 Å². The van der Waals surface area contributed by atoms with E-state index in [-0.39, 0.29) is 6.04 Å². The predicted octanol–water partition coefficient (Wildman–Crippen LogP) is 1.65. The molecule has 5 heteroatoms. The van der Waals surface area contributed by atoms with Crippen LogP contribution in [0.3, 0.4) is 0 Å². The van der Waals surface area contributed by atoms with E-state index in [1.165, 1.54) is 6.42 Å². The molecule has 104 valence electrons. The molecular weight excluding hydrogens is 226 g/mol. The summed E-state index contributed by atoms with van der Waals surface area (Å²) >= 11 is 0. The molecule has 0 saturated heterocycles. The van der Waals surface area contributed by atoms with Crippen LogP contribution in [0.1, 0.15) is 46.2 Å². The summed E-state index contributed by atoms with van der Waals surface area (Å²) < 4.78 is 1.72. The molecule has 0 aliphatic carbocycles. The first-order valence-electron chi connectivity index (χ1n) is 6.61. The highest BCUT2D eigenvalue weighted by Crippen LogP contribution is 2.27. The Bertz CT molecular complexity index is 353. The summed E-state index contributed by atoms with van der Waals surface area (Å²) in [5, 5.41) is 8.04. The number of aryl methyl sites for hydroxylation is 1. The summed E-state index contributed by atoms with van der Waals surface area (Å²) in [6, 6.07) is 0.263. The van der Waals surface area contributed by atoms with Crippen LogP contribution in [-0.2, 0) is 13.5 Å². The Balaban J connectivity index is 2.46. The van der Waals surface area contributed by atoms with Crippen LogP contribution < -0.4 is 11.3 Å². The van der Waals surface area contributed by atoms with Crippen molar-refractivity contribution in [3.8, 4) is 0 Å². The van der Waals surface area contributed by atoms with Gasteiger partial charge in [0.1, 0.15) is 0 Å². The number of hydrogen-bond donors (Lipinski definition) is 2. The molecule has 0 bridgehead atoms. The smallest absolute Gasteiger partial charge is 0.0843 e. The molecule has 1 aromatic heterocycles. The molecule has 0 aromatic carbocycles. The average Bonchev–Trinajstić information content (AvgIpc) is 2.60. The van der Waals surface area contributed by atoms with Crippen LogP contribution in [0.15, 0.2) is 6.20 Å². The fraction of sp³-hybridized carbons (Fsp3) is 0.846. The van der Waals surface area contributed by atoms with Crippen molar-refractivity contribution in [1.29, 1.82) is 0 Å². The van der Waals surface area contributed by atoms with E-state index < -0.39 is 0 Å². The van der Waals surface area contributed by atoms with E-state index in [1.54, 1.807) is 4.68 Å². The van der Waals surface area contributed by atoms with Crippen LogP contribution in [0.4, 0.5) is 0 Å². The summed E-state index contributed by atoms with van der Waals surface area (Å²) in [4.78, 5) is 0. The lowest BCUT2D eigenvalue weighted by molar-refractivity contribution is 0.274. The molecule has 18 heavy (non-hydrogen) atoms. The third-order valence-corrected chi connectivity index (χ3v) is 2.99. The van der Waals surface area contributed by atoms with Crippen molar-refractivity contribution < 1.29 is 0 Å². The molecule has 0 spiro atoms. The first-order valence-corrected chi connectivity index (χ1v) is 6.61. The van der Waals surface area contributed by atoms with E-state index in [0.717, 1.165) is 18.5 Å². The maximum absolute atomic E-state index is 5.63. The Morgan fingerprint density at radius 3 is 2.56 bits per heavy atom. The largest absolute Gasteiger partial charge is 0.271 e. The molecule has 5 nitrogen and oxygen atoms in total. The van der Waals surface area contributed by atoms with Crippen LogP contribution in [0.5, 0.6) is 0 Å². The molecule has 0 fully saturated rings. The van der Waals surface area contributed by atoms with E-state index >= 15 is 0 Å². The fourth-order valence-electron chi connectivity index (χ4n) is 2.57. The average molecular weight is 253 g/mol. The molecule has 3 N–H and O–H groups in total. The van der Waals surface area contributed by atoms with Crippen molar-refractivity contribution in [1.82, 2.24) is 20.4 Å². The second kappa shape index (κ2) is 6.29. The number of aromatic nitrogens is 3. The Morgan fingerprint density at radius 1 is 1.44 bits per heavy atom. The first kappa shape index (κ1) is 15.1. The van der Waals surface area contributed by atoms with Gasteiger partial charge in [0.25, 0.3) is 0 Å². The normalized spacial score (nSPS) is 15.7. The van der Waals surface area contributed by atoms with Gasteiger partial charge in [-0.2, -0.15) is 0 Å². The number of hydrogen-bond acceptors (Lipinski definition) is 4. The van der Waals surface area contributed by atoms with Crippen molar-refractivity contribution in [2.24, 2.45) is 24.2 Å². The minimum Gasteiger partial charge on any atom is -0.271 e. The highest BCUT2D eigenvalue weighted by Gasteiger charge is 2.19. The zero-order valence-corrected chi connectivity index (χ0v) is 12.3. The van der Waals surface area contributed by atoms with Gasteiger partial charge in [-0.25, -0.2) is 0 Å². The van der Waals surface area contributed by atoms with Gasteiger partial charge in [0, 0.05) is 25.7 Å². The molecule has 0 aliphatic heterocycles. The third-order valence-electron chi connectivity index (χ3n) is 2.99. The van der Waals surface area contributed by atoms with Crippen molar-refractivity contribution in [2.75, 3.05) is 0 Å². The molecule has 0 aliphatic rings. The van der Waals surface area contributed by atoms with Crippen molar-refractivity contribution in [3.63, 3.8) is 0 Å². The van der Waals surface area contributed by atoms with Gasteiger partial charge in [0.05, 0.1) is 5.69 Å². The standard InChI is InChI=1S/C13H27N5/c1-10(8-13(2,3)4)6-11(15-14)7-12-9-18(5)17-16-12/h9-11,15H,6-8,14H2,1-5H3. The molecule has 1 heterocycles. The van der Waals surface area contributed by atoms with Crippen LogP contribution in [-0.4, -0.2) is 21.0 Å². The summed E-state index contributed by atoms with van der Waals surface area (Å²) in [7, 11) is 1.88. The Hall–Kier alpha value is -0.940. The van der Waals surface area contributed by atoms with E-state index in [0.29, 0.717) is 11.3 Å². The van der Waals surface area contributed by atoms with Gasteiger partial charge in [-0.3, -0.25) is 16.0 Å². The van der Waals surface area contributed by atoms with Gasteiger partial charge in [0.2, 0.25) is 0 Å². The summed E-state index contributed by atoms with van der Waals surface area (Å²) in [5.41, 5.74) is 4.25. The van der Waals surface area contributed by atoms with E-state index in [4.69, 9.17) is 5.84 Å². The van der Waals surface area contributed by atoms with Gasteiger partial charge < -0.3 is 0 Å². The SMILES string of the molecule is CC(CC(Cc1cn(C)nn1)NN)CC(C)(C)C. The second-order valence-electron chi connectivity index (χ2n) is 6.56. The van der Waals surface area contributed by atoms with Gasteiger partial charge in [-0.05, 0) is 24.2 Å². The molecule has 0 amide bonds. The minimum absolute atomic E-state index is 0.263. The Kier molecular flexibility index (Phi) is 5.28. The molecule has 2 unspecified atom stereocenters. The Morgan fingerprint density at radius 2 is 2.11 bits per heavy atom. The predicted molar refractivity (Wildman–Crippen MR) is 73.7 cm³/mol. The lowest BCUT2D eigenvalue weighted by Crippen LogP contribution is -2.38. The van der Waals surface area contributed by atoms with Crippen molar-refractivity contribution in [2.45, 2.75) is 53.0 Å². The van der Waals surface area contributed by atoms with E-state index in [9.17, 15) is 0 Å². The maximum Gasteiger partial charge on any atom is 0.0843 e. The lowest BCUT2D eigenvalue weighted by atomic mass is 9.82. The molecule has 1 rings (SSSR count). The lowest BCUT2D eigenvalue weighted by Gasteiger charge is -2.26. The van der Waals surface area contributed by atoms with Gasteiger partial charge in [-0.15, -0.1) is 5.10 Å². The number of nitrogens with one attached hydrogen (secondary N) is 1. The third kappa shape index (κ3) is 5.60. The topological polar surface area (TPSA) is 68.8 Å². The van der Waals surface area contributed by atoms with E-state index in [1.807, 2.05) is 13.2 Å². The van der Waals surface area contributed by atoms with Crippen molar-refractivity contribution >= 4 is 0 Å². The van der Waals surface area contributed by atoms with Crippen LogP contribution >= 0.6 is 0 Å². The zero-order valence-electron chi connectivity index (χ0n) is 12.3. The van der Waals surface area contributed by atoms with E-state index in [2.05, 4.69) is 43.4 Å². The molecule has 1 aromatic rings. The molecule has 0 saturated carbocycles. The van der Waals surface area contributed by atoms with Crippen molar-refractivity contribution in [3.05, 3.63) is 11.9 Å². The summed E-state index contributed by atoms with van der Waals surface area (Å²) in [6.45, 7) is 9.11. The molecular formula is C13H27N5. The van der Waals surface area contributed by atoms with Gasteiger partial charge >= 0.3 is 0 Å². The number of nitrogens with zero attached hydrogens (tertiary/aromatic N) is 3. The van der Waals surface area contributed by atoms with Crippen LogP contribution in [0, 0.1) is 11.3 Å². The summed E-state index contributed by atoms with van der Waals surface area (Å²) in [6.07, 6.45) is 5.04. The quantitative estimate of drug-likeness (QED) is 0.597. The minimum atomic E-state index is 0.263. The van der Waals surface area contributed by atoms with Gasteiger partial charge in [0.15, 0.2) is 0 Å². The number of rotatable bonds is 6. The molecule has 0 radical (unpaired) electrons. The first-order chi connectivity index (χ1) is 8.30. The molecule has 2 atom stereocenters. The highest BCUT2D eigenvalue weighted by atomic mass is 15.4. The Labute approximate surface area is 110 Å². The number of nitrogens with two attached hydrogens (primary N) is 1. The second-order valence-corrected chi connectivity index (χ2v) is 6.56. The van der Waals surface area contributed by atoms with Crippen LogP contribution in [0.2, 0.25) is 0 Å².